The number of hydrogen-bond acceptors (Lipinski definition) is 6. The Hall–Kier alpha value is -0.570. The van der Waals surface area contributed by atoms with Crippen molar-refractivity contribution in [1.29, 1.82) is 0 Å². The van der Waals surface area contributed by atoms with Crippen LogP contribution < -0.4 is 4.72 Å². The lowest BCUT2D eigenvalue weighted by atomic mass is 10.1. The lowest BCUT2D eigenvalue weighted by molar-refractivity contribution is 0.0602. The summed E-state index contributed by atoms with van der Waals surface area (Å²) >= 11 is 2.88. The monoisotopic (exact) mass is 349 g/mol. The minimum Gasteiger partial charge on any atom is -0.465 e. The molecule has 0 aliphatic carbocycles. The molecule has 1 fully saturated rings. The highest BCUT2D eigenvalue weighted by Crippen LogP contribution is 2.37. The molecule has 1 N–H and O–H groups in total. The number of carbonyl (C=O) groups excluding carboxylic acids is 1. The third kappa shape index (κ3) is 3.61. The van der Waals surface area contributed by atoms with Gasteiger partial charge in [-0.05, 0) is 43.4 Å². The van der Waals surface area contributed by atoms with Gasteiger partial charge in [0.05, 0.1) is 7.11 Å². The highest BCUT2D eigenvalue weighted by atomic mass is 32.2. The van der Waals surface area contributed by atoms with E-state index in [0.717, 1.165) is 29.9 Å². The molecule has 0 saturated carbocycles. The van der Waals surface area contributed by atoms with E-state index in [2.05, 4.69) is 16.4 Å². The largest absolute Gasteiger partial charge is 0.465 e. The number of sulfonamides is 1. The van der Waals surface area contributed by atoms with Gasteiger partial charge >= 0.3 is 5.97 Å². The van der Waals surface area contributed by atoms with Gasteiger partial charge in [0, 0.05) is 11.3 Å². The second-order valence-electron chi connectivity index (χ2n) is 5.30. The maximum Gasteiger partial charge on any atom is 0.349 e. The van der Waals surface area contributed by atoms with Crippen LogP contribution in [0.25, 0.3) is 0 Å². The van der Waals surface area contributed by atoms with Gasteiger partial charge in [0.1, 0.15) is 9.77 Å². The zero-order valence-electron chi connectivity index (χ0n) is 12.3. The van der Waals surface area contributed by atoms with Crippen molar-refractivity contribution >= 4 is 39.1 Å². The predicted molar refractivity (Wildman–Crippen MR) is 85.7 cm³/mol. The van der Waals surface area contributed by atoms with Crippen LogP contribution in [0.15, 0.2) is 10.3 Å². The molecule has 0 aromatic carbocycles. The van der Waals surface area contributed by atoms with Crippen LogP contribution in [0.5, 0.6) is 0 Å². The Balaban J connectivity index is 2.23. The Morgan fingerprint density at radius 2 is 2.24 bits per heavy atom. The van der Waals surface area contributed by atoms with Gasteiger partial charge in [0.2, 0.25) is 10.0 Å². The Kier molecular flexibility index (Phi) is 5.02. The molecule has 1 aliphatic heterocycles. The zero-order chi connectivity index (χ0) is 15.7. The maximum absolute atomic E-state index is 12.5. The molecule has 1 aromatic rings. The summed E-state index contributed by atoms with van der Waals surface area (Å²) in [6, 6.07) is 0. The van der Waals surface area contributed by atoms with Gasteiger partial charge in [-0.3, -0.25) is 0 Å². The summed E-state index contributed by atoms with van der Waals surface area (Å²) in [4.78, 5) is 11.9. The van der Waals surface area contributed by atoms with Gasteiger partial charge < -0.3 is 4.74 Å². The van der Waals surface area contributed by atoms with Gasteiger partial charge in [-0.1, -0.05) is 0 Å². The molecular weight excluding hydrogens is 330 g/mol. The second-order valence-corrected chi connectivity index (χ2v) is 9.56. The number of rotatable bonds is 5. The Morgan fingerprint density at radius 1 is 1.52 bits per heavy atom. The van der Waals surface area contributed by atoms with E-state index in [1.54, 1.807) is 24.1 Å². The van der Waals surface area contributed by atoms with E-state index < -0.39 is 16.0 Å². The van der Waals surface area contributed by atoms with Crippen molar-refractivity contribution in [2.75, 3.05) is 19.4 Å². The average molecular weight is 349 g/mol. The van der Waals surface area contributed by atoms with E-state index in [0.29, 0.717) is 12.1 Å². The van der Waals surface area contributed by atoms with Crippen molar-refractivity contribution in [3.05, 3.63) is 15.8 Å². The van der Waals surface area contributed by atoms with Gasteiger partial charge in [0.15, 0.2) is 0 Å². The summed E-state index contributed by atoms with van der Waals surface area (Å²) in [5, 5.41) is 1.66. The van der Waals surface area contributed by atoms with Crippen LogP contribution in [0.1, 0.15) is 35.0 Å². The highest BCUT2D eigenvalue weighted by molar-refractivity contribution is 8.01. The molecule has 1 aromatic heterocycles. The highest BCUT2D eigenvalue weighted by Gasteiger charge is 2.33. The minimum absolute atomic E-state index is 0.0472. The Bertz CT molecular complexity index is 630. The molecule has 118 valence electrons. The van der Waals surface area contributed by atoms with Crippen molar-refractivity contribution in [1.82, 2.24) is 4.72 Å². The SMILES string of the molecule is COC(=O)c1scc(C)c1S(=O)(=O)NCC1(C)CCCS1. The molecular formula is C13H19NO4S3. The van der Waals surface area contributed by atoms with Gasteiger partial charge in [-0.25, -0.2) is 17.9 Å². The number of aryl methyl sites for hydroxylation is 1. The van der Waals surface area contributed by atoms with E-state index in [9.17, 15) is 13.2 Å². The first kappa shape index (κ1) is 16.8. The molecule has 0 radical (unpaired) electrons. The summed E-state index contributed by atoms with van der Waals surface area (Å²) in [6.45, 7) is 4.12. The van der Waals surface area contributed by atoms with Crippen molar-refractivity contribution in [2.24, 2.45) is 0 Å². The van der Waals surface area contributed by atoms with Gasteiger partial charge in [0.25, 0.3) is 0 Å². The molecule has 2 rings (SSSR count). The van der Waals surface area contributed by atoms with Crippen molar-refractivity contribution in [2.45, 2.75) is 36.3 Å². The third-order valence-electron chi connectivity index (χ3n) is 3.49. The normalized spacial score (nSPS) is 22.4. The molecule has 21 heavy (non-hydrogen) atoms. The molecule has 1 aliphatic rings. The quantitative estimate of drug-likeness (QED) is 0.827. The van der Waals surface area contributed by atoms with Crippen LogP contribution in [0, 0.1) is 6.92 Å². The number of ether oxygens (including phenoxy) is 1. The molecule has 5 nitrogen and oxygen atoms in total. The fraction of sp³-hybridized carbons (Fsp3) is 0.615. The van der Waals surface area contributed by atoms with Crippen molar-refractivity contribution < 1.29 is 17.9 Å². The molecule has 1 saturated heterocycles. The number of methoxy groups -OCH3 is 1. The minimum atomic E-state index is -3.71. The summed E-state index contributed by atoms with van der Waals surface area (Å²) < 4.78 is 32.3. The lowest BCUT2D eigenvalue weighted by Crippen LogP contribution is -2.37. The Morgan fingerprint density at radius 3 is 2.81 bits per heavy atom. The predicted octanol–water partition coefficient (Wildman–Crippen LogP) is 2.41. The van der Waals surface area contributed by atoms with Gasteiger partial charge in [-0.15, -0.1) is 11.3 Å². The maximum atomic E-state index is 12.5. The molecule has 8 heteroatoms. The fourth-order valence-corrected chi connectivity index (χ4v) is 6.50. The summed E-state index contributed by atoms with van der Waals surface area (Å²) in [5.41, 5.74) is 0.567. The standard InChI is InChI=1S/C13H19NO4S3/c1-9-7-19-10(12(15)18-3)11(9)21(16,17)14-8-13(2)5-4-6-20-13/h7,14H,4-6,8H2,1-3H3. The summed E-state index contributed by atoms with van der Waals surface area (Å²) in [7, 11) is -2.47. The molecule has 1 unspecified atom stereocenters. The average Bonchev–Trinajstić information content (AvgIpc) is 3.03. The van der Waals surface area contributed by atoms with Crippen LogP contribution in [0.4, 0.5) is 0 Å². The van der Waals surface area contributed by atoms with E-state index in [-0.39, 0.29) is 14.5 Å². The second kappa shape index (κ2) is 6.28. The number of thioether (sulfide) groups is 1. The van der Waals surface area contributed by atoms with E-state index >= 15 is 0 Å². The molecule has 0 amide bonds. The number of nitrogens with one attached hydrogen (secondary N) is 1. The summed E-state index contributed by atoms with van der Waals surface area (Å²) in [6.07, 6.45) is 2.10. The number of hydrogen-bond donors (Lipinski definition) is 1. The van der Waals surface area contributed by atoms with E-state index in [1.165, 1.54) is 7.11 Å². The van der Waals surface area contributed by atoms with Crippen molar-refractivity contribution in [3.8, 4) is 0 Å². The Labute approximate surface area is 133 Å². The van der Waals surface area contributed by atoms with Crippen LogP contribution >= 0.6 is 23.1 Å². The first-order valence-corrected chi connectivity index (χ1v) is 9.94. The van der Waals surface area contributed by atoms with Crippen LogP contribution in [0.3, 0.4) is 0 Å². The van der Waals surface area contributed by atoms with Crippen LogP contribution in [-0.4, -0.2) is 38.5 Å². The summed E-state index contributed by atoms with van der Waals surface area (Å²) in [5.74, 6) is 0.443. The topological polar surface area (TPSA) is 72.5 Å². The fourth-order valence-electron chi connectivity index (χ4n) is 2.30. The first-order chi connectivity index (χ1) is 9.79. The zero-order valence-corrected chi connectivity index (χ0v) is 14.7. The first-order valence-electron chi connectivity index (χ1n) is 6.59. The van der Waals surface area contributed by atoms with E-state index in [1.807, 2.05) is 0 Å². The van der Waals surface area contributed by atoms with Crippen LogP contribution in [0.2, 0.25) is 0 Å². The van der Waals surface area contributed by atoms with Gasteiger partial charge in [-0.2, -0.15) is 11.8 Å². The molecule has 0 spiro atoms. The number of thiophene rings is 1. The molecule has 2 heterocycles. The van der Waals surface area contributed by atoms with Crippen molar-refractivity contribution in [3.63, 3.8) is 0 Å². The molecule has 1 atom stereocenters. The smallest absolute Gasteiger partial charge is 0.349 e. The lowest BCUT2D eigenvalue weighted by Gasteiger charge is -2.22. The van der Waals surface area contributed by atoms with E-state index in [4.69, 9.17) is 0 Å². The van der Waals surface area contributed by atoms with Crippen LogP contribution in [-0.2, 0) is 14.8 Å². The third-order valence-corrected chi connectivity index (χ3v) is 7.83. The number of carbonyl (C=O) groups is 1. The number of esters is 1. The molecule has 0 bridgehead atoms.